The zero-order valence-corrected chi connectivity index (χ0v) is 14.7. The minimum Gasteiger partial charge on any atom is -0.291 e. The summed E-state index contributed by atoms with van der Waals surface area (Å²) in [4.78, 5) is 0. The number of fused-ring (bicyclic) bond motifs is 1. The van der Waals surface area contributed by atoms with Crippen LogP contribution in [0.3, 0.4) is 0 Å². The number of rotatable bonds is 3. The molecule has 0 atom stereocenters. The fourth-order valence-corrected chi connectivity index (χ4v) is 3.94. The summed E-state index contributed by atoms with van der Waals surface area (Å²) in [5, 5.41) is 0. The van der Waals surface area contributed by atoms with Gasteiger partial charge in [-0.3, -0.25) is 4.57 Å². The van der Waals surface area contributed by atoms with Gasteiger partial charge in [-0.05, 0) is 23.3 Å². The van der Waals surface area contributed by atoms with E-state index in [4.69, 9.17) is 0 Å². The molecule has 3 nitrogen and oxygen atoms in total. The molecule has 26 heavy (non-hydrogen) atoms. The summed E-state index contributed by atoms with van der Waals surface area (Å²) in [5.41, 5.74) is 7.50. The maximum atomic E-state index is 4.64. The maximum absolute atomic E-state index is 4.64. The Hall–Kier alpha value is -3.24. The first kappa shape index (κ1) is 15.0. The van der Waals surface area contributed by atoms with Gasteiger partial charge in [0.1, 0.15) is 5.52 Å². The first-order chi connectivity index (χ1) is 12.9. The molecule has 3 aromatic carbocycles. The Bertz CT molecular complexity index is 1090. The van der Waals surface area contributed by atoms with Gasteiger partial charge in [0.25, 0.3) is 0 Å². The van der Waals surface area contributed by atoms with Gasteiger partial charge in [0.05, 0.1) is 17.4 Å². The molecular weight excluding hydrogens is 338 g/mol. The molecule has 0 aliphatic carbocycles. The summed E-state index contributed by atoms with van der Waals surface area (Å²) in [6, 6.07) is 31.3. The molecule has 0 bridgehead atoms. The third-order valence-electron chi connectivity index (χ3n) is 4.50. The molecule has 0 radical (unpaired) electrons. The summed E-state index contributed by atoms with van der Waals surface area (Å²) in [5.74, 6) is 0. The highest BCUT2D eigenvalue weighted by molar-refractivity contribution is 7.00. The van der Waals surface area contributed by atoms with Gasteiger partial charge < -0.3 is 0 Å². The van der Waals surface area contributed by atoms with Crippen molar-refractivity contribution in [3.63, 3.8) is 0 Å². The lowest BCUT2D eigenvalue weighted by Crippen LogP contribution is -1.97. The Morgan fingerprint density at radius 3 is 1.85 bits per heavy atom. The van der Waals surface area contributed by atoms with Crippen molar-refractivity contribution in [2.45, 2.75) is 0 Å². The van der Waals surface area contributed by atoms with Crippen molar-refractivity contribution in [2.75, 3.05) is 0 Å². The van der Waals surface area contributed by atoms with E-state index in [0.717, 1.165) is 39.2 Å². The molecule has 0 aliphatic rings. The van der Waals surface area contributed by atoms with E-state index in [0.29, 0.717) is 0 Å². The average molecular weight is 353 g/mol. The molecule has 2 aromatic heterocycles. The first-order valence-electron chi connectivity index (χ1n) is 8.47. The van der Waals surface area contributed by atoms with E-state index in [9.17, 15) is 0 Å². The predicted octanol–water partition coefficient (Wildman–Crippen LogP) is 5.82. The van der Waals surface area contributed by atoms with Gasteiger partial charge in [-0.25, -0.2) is 0 Å². The second kappa shape index (κ2) is 6.24. The molecule has 0 N–H and O–H groups in total. The molecule has 0 saturated carbocycles. The average Bonchev–Trinajstić information content (AvgIpc) is 3.30. The zero-order valence-electron chi connectivity index (χ0n) is 13.9. The van der Waals surface area contributed by atoms with Crippen molar-refractivity contribution in [3.05, 3.63) is 91.0 Å². The van der Waals surface area contributed by atoms with Gasteiger partial charge >= 0.3 is 0 Å². The molecule has 0 unspecified atom stereocenters. The minimum absolute atomic E-state index is 0.902. The Balaban J connectivity index is 1.94. The lowest BCUT2D eigenvalue weighted by Gasteiger charge is -2.12. The largest absolute Gasteiger partial charge is 0.291 e. The summed E-state index contributed by atoms with van der Waals surface area (Å²) in [7, 11) is 0. The minimum atomic E-state index is 0.902. The topological polar surface area (TPSA) is 30.7 Å². The molecular formula is C22H15N3S. The quantitative estimate of drug-likeness (QED) is 0.409. The van der Waals surface area contributed by atoms with Crippen LogP contribution in [0.25, 0.3) is 39.2 Å². The molecule has 0 fully saturated rings. The third-order valence-corrected chi connectivity index (χ3v) is 5.02. The summed E-state index contributed by atoms with van der Waals surface area (Å²) in [6.45, 7) is 0. The number of hydrogen-bond acceptors (Lipinski definition) is 3. The highest BCUT2D eigenvalue weighted by Gasteiger charge is 2.23. The Morgan fingerprint density at radius 1 is 0.615 bits per heavy atom. The second-order valence-corrected chi connectivity index (χ2v) is 6.59. The maximum Gasteiger partial charge on any atom is 0.179 e. The molecule has 0 spiro atoms. The van der Waals surface area contributed by atoms with Crippen LogP contribution in [0, 0.1) is 0 Å². The molecule has 4 heteroatoms. The van der Waals surface area contributed by atoms with E-state index in [1.54, 1.807) is 0 Å². The van der Waals surface area contributed by atoms with Crippen LogP contribution in [0.2, 0.25) is 0 Å². The Kier molecular flexibility index (Phi) is 3.61. The molecule has 0 saturated heterocycles. The van der Waals surface area contributed by atoms with Crippen molar-refractivity contribution in [2.24, 2.45) is 0 Å². The first-order valence-corrected chi connectivity index (χ1v) is 9.20. The molecule has 124 valence electrons. The normalized spacial score (nSPS) is 11.1. The number of benzene rings is 3. The Labute approximate surface area is 155 Å². The van der Waals surface area contributed by atoms with Crippen LogP contribution in [0.15, 0.2) is 91.0 Å². The number of nitrogens with zero attached hydrogens (tertiary/aromatic N) is 3. The molecule has 0 aliphatic heterocycles. The van der Waals surface area contributed by atoms with E-state index in [1.165, 1.54) is 11.7 Å². The van der Waals surface area contributed by atoms with Gasteiger partial charge in [-0.15, -0.1) is 0 Å². The highest BCUT2D eigenvalue weighted by atomic mass is 32.1. The molecule has 2 heterocycles. The number of hydrogen-bond donors (Lipinski definition) is 0. The van der Waals surface area contributed by atoms with Gasteiger partial charge in [0.15, 0.2) is 5.65 Å². The number of aromatic nitrogens is 3. The smallest absolute Gasteiger partial charge is 0.179 e. The van der Waals surface area contributed by atoms with Gasteiger partial charge in [-0.1, -0.05) is 78.9 Å². The van der Waals surface area contributed by atoms with Crippen molar-refractivity contribution in [1.29, 1.82) is 0 Å². The Morgan fingerprint density at radius 2 is 1.19 bits per heavy atom. The van der Waals surface area contributed by atoms with Crippen molar-refractivity contribution in [1.82, 2.24) is 13.3 Å². The lowest BCUT2D eigenvalue weighted by atomic mass is 10.0. The monoisotopic (exact) mass is 353 g/mol. The predicted molar refractivity (Wildman–Crippen MR) is 108 cm³/mol. The zero-order chi connectivity index (χ0) is 17.3. The van der Waals surface area contributed by atoms with Gasteiger partial charge in [0.2, 0.25) is 0 Å². The summed E-state index contributed by atoms with van der Waals surface area (Å²) < 4.78 is 11.5. The van der Waals surface area contributed by atoms with Crippen LogP contribution in [-0.4, -0.2) is 13.3 Å². The van der Waals surface area contributed by atoms with Crippen molar-refractivity contribution in [3.8, 4) is 28.1 Å². The summed E-state index contributed by atoms with van der Waals surface area (Å²) in [6.07, 6.45) is 0. The molecule has 5 rings (SSSR count). The van der Waals surface area contributed by atoms with Crippen molar-refractivity contribution >= 4 is 22.9 Å². The van der Waals surface area contributed by atoms with Gasteiger partial charge in [-0.2, -0.15) is 8.75 Å². The van der Waals surface area contributed by atoms with Gasteiger partial charge in [0, 0.05) is 11.3 Å². The van der Waals surface area contributed by atoms with E-state index in [-0.39, 0.29) is 0 Å². The van der Waals surface area contributed by atoms with Crippen LogP contribution in [-0.2, 0) is 0 Å². The van der Waals surface area contributed by atoms with Crippen LogP contribution >= 0.6 is 11.7 Å². The van der Waals surface area contributed by atoms with E-state index in [2.05, 4.69) is 86.1 Å². The SMILES string of the molecule is c1ccc(-c2c(-c3ccccc3)n(-c3ccccc3)c3nsnc23)cc1. The highest BCUT2D eigenvalue weighted by Crippen LogP contribution is 2.41. The van der Waals surface area contributed by atoms with Crippen molar-refractivity contribution < 1.29 is 0 Å². The standard InChI is InChI=1S/C22H15N3S/c1-4-10-16(11-5-1)19-20-22(24-26-23-20)25(18-14-8-3-9-15-18)21(19)17-12-6-2-7-13-17/h1-15H. The van der Waals surface area contributed by atoms with Crippen LogP contribution in [0.5, 0.6) is 0 Å². The fraction of sp³-hybridized carbons (Fsp3) is 0. The van der Waals surface area contributed by atoms with Crippen LogP contribution < -0.4 is 0 Å². The number of para-hydroxylation sites is 1. The van der Waals surface area contributed by atoms with Crippen LogP contribution in [0.1, 0.15) is 0 Å². The molecule has 5 aromatic rings. The molecule has 0 amide bonds. The third kappa shape index (κ3) is 2.35. The summed E-state index contributed by atoms with van der Waals surface area (Å²) >= 11 is 1.26. The van der Waals surface area contributed by atoms with Crippen LogP contribution in [0.4, 0.5) is 0 Å². The lowest BCUT2D eigenvalue weighted by molar-refractivity contribution is 1.12. The van der Waals surface area contributed by atoms with E-state index >= 15 is 0 Å². The van der Waals surface area contributed by atoms with E-state index < -0.39 is 0 Å². The van der Waals surface area contributed by atoms with E-state index in [1.807, 2.05) is 18.2 Å². The fourth-order valence-electron chi connectivity index (χ4n) is 3.39. The second-order valence-electron chi connectivity index (χ2n) is 6.06.